The van der Waals surface area contributed by atoms with Crippen molar-refractivity contribution in [2.24, 2.45) is 0 Å². The first kappa shape index (κ1) is 20.0. The van der Waals surface area contributed by atoms with Gasteiger partial charge in [0.05, 0.1) is 6.61 Å². The minimum atomic E-state index is -0.140. The first-order chi connectivity index (χ1) is 14.1. The van der Waals surface area contributed by atoms with E-state index < -0.39 is 0 Å². The molecule has 0 saturated carbocycles. The van der Waals surface area contributed by atoms with Crippen LogP contribution in [0.5, 0.6) is 0 Å². The Balaban J connectivity index is 1.30. The van der Waals surface area contributed by atoms with Crippen LogP contribution >= 0.6 is 11.8 Å². The van der Waals surface area contributed by atoms with Crippen molar-refractivity contribution in [2.75, 3.05) is 32.8 Å². The van der Waals surface area contributed by atoms with Gasteiger partial charge in [0.15, 0.2) is 0 Å². The number of carbonyl (C=O) groups excluding carboxylic acids is 2. The molecule has 2 aromatic carbocycles. The standard InChI is InChI=1S/C23H26N2O3S/c1-17-4-2-3-5-19(17)16-24-11-13-25(14-12-24)22(26)18-6-8-20(9-7-18)29-21-10-15-28-23(21)27/h2-9,21H,10-16H2,1H3/t21-/m1/s1. The topological polar surface area (TPSA) is 49.9 Å². The van der Waals surface area contributed by atoms with E-state index in [1.807, 2.05) is 29.2 Å². The smallest absolute Gasteiger partial charge is 0.319 e. The molecule has 5 nitrogen and oxygen atoms in total. The molecule has 1 atom stereocenters. The predicted molar refractivity (Wildman–Crippen MR) is 114 cm³/mol. The van der Waals surface area contributed by atoms with E-state index in [1.54, 1.807) is 0 Å². The molecule has 0 unspecified atom stereocenters. The van der Waals surface area contributed by atoms with Crippen molar-refractivity contribution in [3.63, 3.8) is 0 Å². The van der Waals surface area contributed by atoms with E-state index in [1.165, 1.54) is 22.9 Å². The van der Waals surface area contributed by atoms with Gasteiger partial charge >= 0.3 is 5.97 Å². The highest BCUT2D eigenvalue weighted by molar-refractivity contribution is 8.00. The molecule has 29 heavy (non-hydrogen) atoms. The van der Waals surface area contributed by atoms with Crippen molar-refractivity contribution in [1.29, 1.82) is 0 Å². The van der Waals surface area contributed by atoms with Gasteiger partial charge in [-0.05, 0) is 42.3 Å². The maximum absolute atomic E-state index is 12.9. The van der Waals surface area contributed by atoms with Crippen molar-refractivity contribution in [3.8, 4) is 0 Å². The van der Waals surface area contributed by atoms with Gasteiger partial charge in [-0.1, -0.05) is 24.3 Å². The van der Waals surface area contributed by atoms with Crippen LogP contribution in [0.2, 0.25) is 0 Å². The van der Waals surface area contributed by atoms with E-state index in [9.17, 15) is 9.59 Å². The summed E-state index contributed by atoms with van der Waals surface area (Å²) in [5, 5.41) is -0.127. The summed E-state index contributed by atoms with van der Waals surface area (Å²) in [6, 6.07) is 16.1. The van der Waals surface area contributed by atoms with Crippen LogP contribution in [-0.2, 0) is 16.1 Å². The first-order valence-electron chi connectivity index (χ1n) is 10.1. The number of thioether (sulfide) groups is 1. The molecule has 2 saturated heterocycles. The van der Waals surface area contributed by atoms with Gasteiger partial charge < -0.3 is 9.64 Å². The number of nitrogens with zero attached hydrogens (tertiary/aromatic N) is 2. The quantitative estimate of drug-likeness (QED) is 0.708. The zero-order valence-electron chi connectivity index (χ0n) is 16.7. The Labute approximate surface area is 176 Å². The summed E-state index contributed by atoms with van der Waals surface area (Å²) in [4.78, 5) is 29.8. The SMILES string of the molecule is Cc1ccccc1CN1CCN(C(=O)c2ccc(S[C@@H]3CCOC3=O)cc2)CC1. The molecule has 6 heteroatoms. The number of hydrogen-bond donors (Lipinski definition) is 0. The van der Waals surface area contributed by atoms with Gasteiger partial charge in [0.2, 0.25) is 0 Å². The first-order valence-corrected chi connectivity index (χ1v) is 11.0. The molecule has 4 rings (SSSR count). The van der Waals surface area contributed by atoms with Crippen LogP contribution in [0.25, 0.3) is 0 Å². The number of esters is 1. The van der Waals surface area contributed by atoms with E-state index >= 15 is 0 Å². The van der Waals surface area contributed by atoms with E-state index in [2.05, 4.69) is 36.1 Å². The molecule has 152 valence electrons. The Morgan fingerprint density at radius 2 is 1.79 bits per heavy atom. The third kappa shape index (κ3) is 4.82. The van der Waals surface area contributed by atoms with E-state index in [0.29, 0.717) is 12.2 Å². The lowest BCUT2D eigenvalue weighted by molar-refractivity contribution is -0.137. The van der Waals surface area contributed by atoms with Gasteiger partial charge in [0, 0.05) is 49.6 Å². The van der Waals surface area contributed by atoms with E-state index in [-0.39, 0.29) is 17.1 Å². The molecule has 2 aromatic rings. The van der Waals surface area contributed by atoms with Crippen molar-refractivity contribution >= 4 is 23.6 Å². The average molecular weight is 411 g/mol. The van der Waals surface area contributed by atoms with E-state index in [4.69, 9.17) is 4.74 Å². The summed E-state index contributed by atoms with van der Waals surface area (Å²) in [6.07, 6.45) is 0.747. The van der Waals surface area contributed by atoms with Gasteiger partial charge in [-0.3, -0.25) is 14.5 Å². The van der Waals surface area contributed by atoms with Crippen molar-refractivity contribution in [3.05, 3.63) is 65.2 Å². The minimum absolute atomic E-state index is 0.0809. The summed E-state index contributed by atoms with van der Waals surface area (Å²) >= 11 is 1.51. The Hall–Kier alpha value is -2.31. The highest BCUT2D eigenvalue weighted by Crippen LogP contribution is 2.29. The fraction of sp³-hybridized carbons (Fsp3) is 0.391. The third-order valence-electron chi connectivity index (χ3n) is 5.58. The molecule has 0 spiro atoms. The largest absolute Gasteiger partial charge is 0.465 e. The maximum Gasteiger partial charge on any atom is 0.319 e. The summed E-state index contributed by atoms with van der Waals surface area (Å²) in [5.41, 5.74) is 3.37. The van der Waals surface area contributed by atoms with Crippen LogP contribution in [0.4, 0.5) is 0 Å². The summed E-state index contributed by atoms with van der Waals surface area (Å²) in [7, 11) is 0. The summed E-state index contributed by atoms with van der Waals surface area (Å²) in [5.74, 6) is -0.0592. The van der Waals surface area contributed by atoms with Crippen LogP contribution in [0, 0.1) is 6.92 Å². The fourth-order valence-electron chi connectivity index (χ4n) is 3.74. The molecular formula is C23H26N2O3S. The number of rotatable bonds is 5. The second kappa shape index (κ2) is 9.01. The Kier molecular flexibility index (Phi) is 6.21. The molecule has 0 N–H and O–H groups in total. The Morgan fingerprint density at radius 1 is 1.07 bits per heavy atom. The van der Waals surface area contributed by atoms with Crippen molar-refractivity contribution < 1.29 is 14.3 Å². The van der Waals surface area contributed by atoms with Gasteiger partial charge in [0.25, 0.3) is 5.91 Å². The molecule has 2 aliphatic rings. The molecule has 2 aliphatic heterocycles. The number of cyclic esters (lactones) is 1. The van der Waals surface area contributed by atoms with E-state index in [0.717, 1.165) is 44.0 Å². The normalized spacial score (nSPS) is 20.0. The highest BCUT2D eigenvalue weighted by atomic mass is 32.2. The molecular weight excluding hydrogens is 384 g/mol. The van der Waals surface area contributed by atoms with Crippen LogP contribution in [0.15, 0.2) is 53.4 Å². The Morgan fingerprint density at radius 3 is 2.45 bits per heavy atom. The van der Waals surface area contributed by atoms with Crippen LogP contribution in [-0.4, -0.2) is 59.7 Å². The lowest BCUT2D eigenvalue weighted by Crippen LogP contribution is -2.48. The number of hydrogen-bond acceptors (Lipinski definition) is 5. The van der Waals surface area contributed by atoms with Crippen LogP contribution in [0.1, 0.15) is 27.9 Å². The second-order valence-electron chi connectivity index (χ2n) is 7.58. The van der Waals surface area contributed by atoms with Gasteiger partial charge in [0.1, 0.15) is 5.25 Å². The lowest BCUT2D eigenvalue weighted by atomic mass is 10.1. The summed E-state index contributed by atoms with van der Waals surface area (Å²) in [6.45, 7) is 6.85. The zero-order chi connectivity index (χ0) is 20.2. The van der Waals surface area contributed by atoms with Gasteiger partial charge in [-0.15, -0.1) is 11.8 Å². The molecule has 0 aromatic heterocycles. The monoisotopic (exact) mass is 410 g/mol. The molecule has 0 aliphatic carbocycles. The maximum atomic E-state index is 12.9. The number of ether oxygens (including phenoxy) is 1. The number of aryl methyl sites for hydroxylation is 1. The Bertz CT molecular complexity index is 876. The molecule has 2 fully saturated rings. The number of carbonyl (C=O) groups is 2. The summed E-state index contributed by atoms with van der Waals surface area (Å²) < 4.78 is 5.01. The third-order valence-corrected chi connectivity index (χ3v) is 6.84. The molecule has 2 heterocycles. The number of benzene rings is 2. The average Bonchev–Trinajstić information content (AvgIpc) is 3.15. The molecule has 1 amide bonds. The molecule has 0 bridgehead atoms. The van der Waals surface area contributed by atoms with Crippen molar-refractivity contribution in [2.45, 2.75) is 30.0 Å². The minimum Gasteiger partial charge on any atom is -0.465 e. The predicted octanol–water partition coefficient (Wildman–Crippen LogP) is 3.36. The second-order valence-corrected chi connectivity index (χ2v) is 8.86. The van der Waals surface area contributed by atoms with Gasteiger partial charge in [-0.25, -0.2) is 0 Å². The number of piperazine rings is 1. The molecule has 0 radical (unpaired) electrons. The van der Waals surface area contributed by atoms with Crippen LogP contribution in [0.3, 0.4) is 0 Å². The van der Waals surface area contributed by atoms with Crippen LogP contribution < -0.4 is 0 Å². The van der Waals surface area contributed by atoms with Crippen molar-refractivity contribution in [1.82, 2.24) is 9.80 Å². The lowest BCUT2D eigenvalue weighted by Gasteiger charge is -2.35. The fourth-order valence-corrected chi connectivity index (χ4v) is 4.74. The van der Waals surface area contributed by atoms with Gasteiger partial charge in [-0.2, -0.15) is 0 Å². The zero-order valence-corrected chi connectivity index (χ0v) is 17.5. The highest BCUT2D eigenvalue weighted by Gasteiger charge is 2.27. The number of amides is 1.